The molecular formula is C11H12N2O3S. The first-order valence-electron chi connectivity index (χ1n) is 5.07. The number of rotatable bonds is 4. The van der Waals surface area contributed by atoms with E-state index < -0.39 is 16.6 Å². The van der Waals surface area contributed by atoms with E-state index in [0.29, 0.717) is 5.69 Å². The van der Waals surface area contributed by atoms with Crippen molar-refractivity contribution in [2.75, 3.05) is 17.1 Å². The Hall–Kier alpha value is -1.66. The van der Waals surface area contributed by atoms with Crippen molar-refractivity contribution in [3.05, 3.63) is 36.5 Å². The third-order valence-electron chi connectivity index (χ3n) is 2.27. The molecule has 2 aromatic rings. The zero-order valence-corrected chi connectivity index (χ0v) is 9.81. The van der Waals surface area contributed by atoms with Gasteiger partial charge in [0.1, 0.15) is 0 Å². The van der Waals surface area contributed by atoms with Crippen molar-refractivity contribution in [1.29, 1.82) is 0 Å². The number of nitrogens with zero attached hydrogens (tertiary/aromatic N) is 1. The normalized spacial score (nSPS) is 11.6. The number of anilines is 1. The Labute approximate surface area is 99.2 Å². The van der Waals surface area contributed by atoms with Gasteiger partial charge in [-0.15, -0.1) is 0 Å². The van der Waals surface area contributed by atoms with Gasteiger partial charge in [-0.25, -0.2) is 8.42 Å². The minimum Gasteiger partial charge on any atom is -0.395 e. The fraction of sp³-hybridized carbons (Fsp3) is 0.182. The summed E-state index contributed by atoms with van der Waals surface area (Å²) in [5.41, 5.74) is 1.20. The van der Waals surface area contributed by atoms with Crippen LogP contribution in [0.15, 0.2) is 36.5 Å². The molecule has 2 N–H and O–H groups in total. The number of aromatic nitrogens is 1. The first-order valence-corrected chi connectivity index (χ1v) is 6.73. The van der Waals surface area contributed by atoms with Crippen molar-refractivity contribution in [2.24, 2.45) is 0 Å². The summed E-state index contributed by atoms with van der Waals surface area (Å²) in [6, 6.07) is 8.73. The molecule has 1 aromatic carbocycles. The van der Waals surface area contributed by atoms with Gasteiger partial charge >= 0.3 is 0 Å². The Morgan fingerprint density at radius 3 is 2.82 bits per heavy atom. The molecule has 0 bridgehead atoms. The summed E-state index contributed by atoms with van der Waals surface area (Å²) in [5, 5.41) is 9.39. The van der Waals surface area contributed by atoms with Crippen LogP contribution in [0.2, 0.25) is 0 Å². The van der Waals surface area contributed by atoms with Crippen LogP contribution < -0.4 is 4.72 Å². The second kappa shape index (κ2) is 4.68. The molecule has 0 aliphatic carbocycles. The van der Waals surface area contributed by atoms with E-state index in [0.717, 1.165) is 10.9 Å². The molecule has 0 amide bonds. The van der Waals surface area contributed by atoms with Crippen LogP contribution in [0, 0.1) is 0 Å². The van der Waals surface area contributed by atoms with Crippen molar-refractivity contribution in [3.63, 3.8) is 0 Å². The molecule has 0 saturated carbocycles. The minimum atomic E-state index is -3.50. The number of sulfonamides is 1. The number of aliphatic hydroxyl groups is 1. The molecule has 0 aliphatic heterocycles. The number of hydrogen-bond donors (Lipinski definition) is 2. The first-order chi connectivity index (χ1) is 8.12. The Morgan fingerprint density at radius 2 is 2.06 bits per heavy atom. The molecule has 0 saturated heterocycles. The molecule has 1 heterocycles. The van der Waals surface area contributed by atoms with Crippen molar-refractivity contribution < 1.29 is 13.5 Å². The number of benzene rings is 1. The highest BCUT2D eigenvalue weighted by Crippen LogP contribution is 2.22. The molecule has 6 heteroatoms. The van der Waals surface area contributed by atoms with Crippen LogP contribution in [-0.2, 0) is 10.0 Å². The Morgan fingerprint density at radius 1 is 1.24 bits per heavy atom. The zero-order valence-electron chi connectivity index (χ0n) is 9.00. The van der Waals surface area contributed by atoms with Gasteiger partial charge < -0.3 is 5.11 Å². The van der Waals surface area contributed by atoms with Crippen molar-refractivity contribution in [1.82, 2.24) is 4.98 Å². The smallest absolute Gasteiger partial charge is 0.235 e. The maximum Gasteiger partial charge on any atom is 0.235 e. The van der Waals surface area contributed by atoms with E-state index in [1.807, 2.05) is 0 Å². The lowest BCUT2D eigenvalue weighted by Crippen LogP contribution is -2.19. The number of nitrogens with one attached hydrogen (secondary N) is 1. The van der Waals surface area contributed by atoms with Crippen molar-refractivity contribution in [2.45, 2.75) is 0 Å². The quantitative estimate of drug-likeness (QED) is 0.849. The largest absolute Gasteiger partial charge is 0.395 e. The molecule has 0 radical (unpaired) electrons. The molecule has 1 aromatic heterocycles. The van der Waals surface area contributed by atoms with E-state index in [9.17, 15) is 8.42 Å². The van der Waals surface area contributed by atoms with Crippen LogP contribution in [0.3, 0.4) is 0 Å². The molecule has 17 heavy (non-hydrogen) atoms. The third-order valence-corrected chi connectivity index (χ3v) is 3.52. The van der Waals surface area contributed by atoms with Gasteiger partial charge in [0.15, 0.2) is 0 Å². The predicted octanol–water partition coefficient (Wildman–Crippen LogP) is 0.969. The van der Waals surface area contributed by atoms with Gasteiger partial charge in [0.2, 0.25) is 10.0 Å². The van der Waals surface area contributed by atoms with E-state index in [1.165, 1.54) is 0 Å². The lowest BCUT2D eigenvalue weighted by atomic mass is 10.2. The lowest BCUT2D eigenvalue weighted by molar-refractivity contribution is 0.320. The van der Waals surface area contributed by atoms with E-state index in [1.54, 1.807) is 36.5 Å². The number of fused-ring (bicyclic) bond motifs is 1. The summed E-state index contributed by atoms with van der Waals surface area (Å²) >= 11 is 0. The zero-order chi connectivity index (χ0) is 12.3. The molecule has 0 unspecified atom stereocenters. The van der Waals surface area contributed by atoms with Crippen LogP contribution in [0.4, 0.5) is 5.69 Å². The topological polar surface area (TPSA) is 79.3 Å². The molecule has 0 spiro atoms. The minimum absolute atomic E-state index is 0.316. The Bertz CT molecular complexity index is 620. The number of aliphatic hydroxyl groups excluding tert-OH is 1. The second-order valence-electron chi connectivity index (χ2n) is 3.52. The molecule has 5 nitrogen and oxygen atoms in total. The summed E-state index contributed by atoms with van der Waals surface area (Å²) < 4.78 is 25.5. The highest BCUT2D eigenvalue weighted by atomic mass is 32.2. The molecule has 90 valence electrons. The van der Waals surface area contributed by atoms with Crippen LogP contribution in [0.5, 0.6) is 0 Å². The maximum absolute atomic E-state index is 11.6. The van der Waals surface area contributed by atoms with E-state index >= 15 is 0 Å². The van der Waals surface area contributed by atoms with Gasteiger partial charge in [0.05, 0.1) is 23.6 Å². The van der Waals surface area contributed by atoms with Gasteiger partial charge in [0, 0.05) is 11.6 Å². The predicted molar refractivity (Wildman–Crippen MR) is 66.2 cm³/mol. The molecule has 0 fully saturated rings. The van der Waals surface area contributed by atoms with Crippen LogP contribution in [-0.4, -0.2) is 30.9 Å². The Kier molecular flexibility index (Phi) is 3.26. The van der Waals surface area contributed by atoms with E-state index in [2.05, 4.69) is 9.71 Å². The van der Waals surface area contributed by atoms with Crippen LogP contribution in [0.1, 0.15) is 0 Å². The molecule has 0 atom stereocenters. The molecule has 0 aliphatic rings. The van der Waals surface area contributed by atoms with Gasteiger partial charge in [-0.3, -0.25) is 9.71 Å². The average Bonchev–Trinajstić information content (AvgIpc) is 2.29. The van der Waals surface area contributed by atoms with Gasteiger partial charge in [-0.2, -0.15) is 0 Å². The van der Waals surface area contributed by atoms with E-state index in [4.69, 9.17) is 5.11 Å². The maximum atomic E-state index is 11.6. The third kappa shape index (κ3) is 2.72. The summed E-state index contributed by atoms with van der Waals surface area (Å²) in [7, 11) is -3.50. The van der Waals surface area contributed by atoms with Crippen molar-refractivity contribution in [3.8, 4) is 0 Å². The fourth-order valence-electron chi connectivity index (χ4n) is 1.53. The first kappa shape index (κ1) is 11.8. The highest BCUT2D eigenvalue weighted by molar-refractivity contribution is 7.92. The average molecular weight is 252 g/mol. The van der Waals surface area contributed by atoms with Crippen LogP contribution >= 0.6 is 0 Å². The Balaban J connectivity index is 2.43. The SMILES string of the molecule is O=S(=O)(CCO)Nc1cccc2ncccc12. The summed E-state index contributed by atoms with van der Waals surface area (Å²) in [4.78, 5) is 4.13. The van der Waals surface area contributed by atoms with Crippen molar-refractivity contribution >= 4 is 26.6 Å². The number of hydrogen-bond acceptors (Lipinski definition) is 4. The van der Waals surface area contributed by atoms with Gasteiger partial charge in [-0.05, 0) is 24.3 Å². The van der Waals surface area contributed by atoms with E-state index in [-0.39, 0.29) is 5.75 Å². The summed E-state index contributed by atoms with van der Waals surface area (Å²) in [6.45, 7) is -0.404. The second-order valence-corrected chi connectivity index (χ2v) is 5.36. The lowest BCUT2D eigenvalue weighted by Gasteiger charge is -2.09. The molecule has 2 rings (SSSR count). The standard InChI is InChI=1S/C11H12N2O3S/c14-7-8-17(15,16)13-11-5-1-4-10-9(11)3-2-6-12-10/h1-6,13-14H,7-8H2. The summed E-state index contributed by atoms with van der Waals surface area (Å²) in [5.74, 6) is -0.316. The van der Waals surface area contributed by atoms with Crippen LogP contribution in [0.25, 0.3) is 10.9 Å². The molecular weight excluding hydrogens is 240 g/mol. The van der Waals surface area contributed by atoms with Gasteiger partial charge in [-0.1, -0.05) is 6.07 Å². The number of pyridine rings is 1. The highest BCUT2D eigenvalue weighted by Gasteiger charge is 2.11. The van der Waals surface area contributed by atoms with Gasteiger partial charge in [0.25, 0.3) is 0 Å². The monoisotopic (exact) mass is 252 g/mol. The summed E-state index contributed by atoms with van der Waals surface area (Å²) in [6.07, 6.45) is 1.65. The fourth-order valence-corrected chi connectivity index (χ4v) is 2.39.